The predicted octanol–water partition coefficient (Wildman–Crippen LogP) is -2.16. The molecule has 112 valence electrons. The van der Waals surface area contributed by atoms with Crippen molar-refractivity contribution < 1.29 is 24.5 Å². The second kappa shape index (κ2) is 6.98. The van der Waals surface area contributed by atoms with Crippen LogP contribution in [0.15, 0.2) is 6.33 Å². The molecule has 1 rings (SSSR count). The maximum Gasteiger partial charge on any atom is 0.269 e. The highest BCUT2D eigenvalue weighted by Crippen LogP contribution is 2.10. The topological polar surface area (TPSA) is 154 Å². The molecule has 1 unspecified atom stereocenters. The van der Waals surface area contributed by atoms with Crippen LogP contribution in [0.2, 0.25) is 0 Å². The molecular weight excluding hydrogens is 268 g/mol. The summed E-state index contributed by atoms with van der Waals surface area (Å²) in [6.45, 7) is -0.170. The number of aryl methyl sites for hydroxylation is 1. The van der Waals surface area contributed by atoms with Gasteiger partial charge in [-0.05, 0) is 6.42 Å². The molecule has 6 N–H and O–H groups in total. The Bertz CT molecular complexity index is 483. The van der Waals surface area contributed by atoms with Crippen molar-refractivity contribution in [3.63, 3.8) is 0 Å². The monoisotopic (exact) mass is 286 g/mol. The van der Waals surface area contributed by atoms with E-state index in [0.29, 0.717) is 0 Å². The van der Waals surface area contributed by atoms with E-state index in [9.17, 15) is 14.7 Å². The number of hydrogen-bond donors (Lipinski definition) is 4. The zero-order valence-corrected chi connectivity index (χ0v) is 11.0. The van der Waals surface area contributed by atoms with Gasteiger partial charge in [-0.2, -0.15) is 0 Å². The Kier molecular flexibility index (Phi) is 5.62. The predicted molar refractivity (Wildman–Crippen MR) is 67.8 cm³/mol. The highest BCUT2D eigenvalue weighted by molar-refractivity contribution is 6.03. The zero-order valence-electron chi connectivity index (χ0n) is 11.0. The molecule has 0 spiro atoms. The number of aliphatic hydroxyl groups excluding tert-OH is 2. The number of rotatable bonds is 8. The third kappa shape index (κ3) is 3.53. The third-order valence-corrected chi connectivity index (χ3v) is 2.88. The summed E-state index contributed by atoms with van der Waals surface area (Å²) in [5.41, 5.74) is 9.95. The minimum Gasteiger partial charge on any atom is -0.394 e. The van der Waals surface area contributed by atoms with Crippen molar-refractivity contribution in [1.29, 1.82) is 0 Å². The number of hydrogen-bond acceptors (Lipinski definition) is 6. The highest BCUT2D eigenvalue weighted by Gasteiger charge is 2.22. The molecule has 0 radical (unpaired) electrons. The van der Waals surface area contributed by atoms with Crippen molar-refractivity contribution in [2.45, 2.75) is 25.2 Å². The molecule has 9 heteroatoms. The van der Waals surface area contributed by atoms with Crippen molar-refractivity contribution in [3.8, 4) is 0 Å². The summed E-state index contributed by atoms with van der Waals surface area (Å²) in [6, 6.07) is 0. The Hall–Kier alpha value is -1.97. The molecule has 1 aromatic heterocycles. The summed E-state index contributed by atoms with van der Waals surface area (Å²) in [5.74, 6) is -1.69. The van der Waals surface area contributed by atoms with Crippen LogP contribution >= 0.6 is 0 Å². The van der Waals surface area contributed by atoms with Gasteiger partial charge in [0.05, 0.1) is 19.0 Å². The molecule has 0 bridgehead atoms. The number of amides is 2. The number of methoxy groups -OCH3 is 1. The van der Waals surface area contributed by atoms with E-state index < -0.39 is 24.0 Å². The number of aliphatic hydroxyl groups is 2. The van der Waals surface area contributed by atoms with E-state index >= 15 is 0 Å². The van der Waals surface area contributed by atoms with Gasteiger partial charge in [-0.15, -0.1) is 0 Å². The molecule has 0 saturated carbocycles. The maximum absolute atomic E-state index is 11.3. The summed E-state index contributed by atoms with van der Waals surface area (Å²) < 4.78 is 6.21. The Morgan fingerprint density at radius 1 is 1.45 bits per heavy atom. The summed E-state index contributed by atoms with van der Waals surface area (Å²) >= 11 is 0. The molecule has 9 nitrogen and oxygen atoms in total. The lowest BCUT2D eigenvalue weighted by Gasteiger charge is -2.19. The first kappa shape index (κ1) is 16.1. The number of nitrogens with zero attached hydrogens (tertiary/aromatic N) is 2. The molecule has 0 aliphatic carbocycles. The van der Waals surface area contributed by atoms with E-state index in [4.69, 9.17) is 21.3 Å². The lowest BCUT2D eigenvalue weighted by Crippen LogP contribution is -2.32. The molecular formula is C11H18N4O5. The van der Waals surface area contributed by atoms with Crippen LogP contribution in [0.5, 0.6) is 0 Å². The van der Waals surface area contributed by atoms with E-state index in [1.54, 1.807) is 0 Å². The largest absolute Gasteiger partial charge is 0.394 e. The quantitative estimate of drug-likeness (QED) is 0.427. The second-order valence-electron chi connectivity index (χ2n) is 4.18. The number of ether oxygens (including phenoxy) is 1. The van der Waals surface area contributed by atoms with Gasteiger partial charge in [0.2, 0.25) is 0 Å². The van der Waals surface area contributed by atoms with E-state index in [2.05, 4.69) is 4.98 Å². The van der Waals surface area contributed by atoms with E-state index in [-0.39, 0.29) is 31.0 Å². The van der Waals surface area contributed by atoms with Crippen LogP contribution in [0.25, 0.3) is 0 Å². The number of imidazole rings is 1. The first-order chi connectivity index (χ1) is 9.42. The van der Waals surface area contributed by atoms with E-state index in [1.807, 2.05) is 0 Å². The number of nitrogens with two attached hydrogens (primary N) is 2. The van der Waals surface area contributed by atoms with Gasteiger partial charge in [0.1, 0.15) is 11.8 Å². The van der Waals surface area contributed by atoms with Gasteiger partial charge in [0.25, 0.3) is 11.8 Å². The van der Waals surface area contributed by atoms with E-state index in [1.165, 1.54) is 18.0 Å². The van der Waals surface area contributed by atoms with Gasteiger partial charge in [0.15, 0.2) is 5.69 Å². The Labute approximate surface area is 115 Å². The minimum atomic E-state index is -0.940. The molecule has 20 heavy (non-hydrogen) atoms. The van der Waals surface area contributed by atoms with Crippen molar-refractivity contribution in [1.82, 2.24) is 9.55 Å². The van der Waals surface area contributed by atoms with Gasteiger partial charge in [0, 0.05) is 13.7 Å². The average molecular weight is 286 g/mol. The van der Waals surface area contributed by atoms with Gasteiger partial charge in [-0.1, -0.05) is 0 Å². The van der Waals surface area contributed by atoms with Crippen LogP contribution in [0.4, 0.5) is 0 Å². The number of aromatic nitrogens is 2. The number of primary amides is 2. The standard InChI is InChI=1S/C11H18N4O5/c1-20-7(4-16)6(17)2-3-15-5-14-8(10(12)18)9(15)11(13)19/h5-7,16-17H,2-4H2,1H3,(H2,12,18)(H2,13,19)/t6?,7-/m1/s1. The van der Waals surface area contributed by atoms with Crippen LogP contribution in [0.3, 0.4) is 0 Å². The molecule has 0 aromatic carbocycles. The summed E-state index contributed by atoms with van der Waals surface area (Å²) in [7, 11) is 1.36. The van der Waals surface area contributed by atoms with Crippen molar-refractivity contribution in [3.05, 3.63) is 17.7 Å². The Morgan fingerprint density at radius 2 is 2.10 bits per heavy atom. The lowest BCUT2D eigenvalue weighted by molar-refractivity contribution is -0.0452. The molecule has 2 atom stereocenters. The fourth-order valence-electron chi connectivity index (χ4n) is 1.80. The highest BCUT2D eigenvalue weighted by atomic mass is 16.5. The molecule has 2 amide bonds. The van der Waals surface area contributed by atoms with Crippen LogP contribution in [0.1, 0.15) is 27.4 Å². The molecule has 0 fully saturated rings. The molecule has 0 aliphatic rings. The van der Waals surface area contributed by atoms with Crippen molar-refractivity contribution in [2.75, 3.05) is 13.7 Å². The summed E-state index contributed by atoms with van der Waals surface area (Å²) in [5, 5.41) is 18.8. The first-order valence-electron chi connectivity index (χ1n) is 5.88. The van der Waals surface area contributed by atoms with E-state index in [0.717, 1.165) is 0 Å². The molecule has 0 saturated heterocycles. The maximum atomic E-state index is 11.3. The summed E-state index contributed by atoms with van der Waals surface area (Å²) in [4.78, 5) is 26.2. The molecule has 1 heterocycles. The minimum absolute atomic E-state index is 0.109. The number of carbonyl (C=O) groups is 2. The molecule has 1 aromatic rings. The zero-order chi connectivity index (χ0) is 15.3. The van der Waals surface area contributed by atoms with Gasteiger partial charge in [-0.25, -0.2) is 4.98 Å². The second-order valence-corrected chi connectivity index (χ2v) is 4.18. The Balaban J connectivity index is 2.83. The van der Waals surface area contributed by atoms with Gasteiger partial charge < -0.3 is 31.0 Å². The first-order valence-corrected chi connectivity index (χ1v) is 5.88. The number of carbonyl (C=O) groups excluding carboxylic acids is 2. The SMILES string of the molecule is CO[C@H](CO)C(O)CCn1cnc(C(N)=O)c1C(N)=O. The van der Waals surface area contributed by atoms with Crippen LogP contribution in [0, 0.1) is 0 Å². The average Bonchev–Trinajstić information content (AvgIpc) is 2.81. The van der Waals surface area contributed by atoms with Gasteiger partial charge >= 0.3 is 0 Å². The van der Waals surface area contributed by atoms with Crippen LogP contribution in [-0.2, 0) is 11.3 Å². The third-order valence-electron chi connectivity index (χ3n) is 2.88. The smallest absolute Gasteiger partial charge is 0.269 e. The normalized spacial score (nSPS) is 13.9. The van der Waals surface area contributed by atoms with Crippen molar-refractivity contribution in [2.24, 2.45) is 11.5 Å². The summed E-state index contributed by atoms with van der Waals surface area (Å²) in [6.07, 6.45) is -0.252. The van der Waals surface area contributed by atoms with Gasteiger partial charge in [-0.3, -0.25) is 9.59 Å². The van der Waals surface area contributed by atoms with Crippen molar-refractivity contribution >= 4 is 11.8 Å². The van der Waals surface area contributed by atoms with Crippen LogP contribution in [-0.4, -0.2) is 57.5 Å². The van der Waals surface area contributed by atoms with Crippen LogP contribution < -0.4 is 11.5 Å². The fraction of sp³-hybridized carbons (Fsp3) is 0.545. The lowest BCUT2D eigenvalue weighted by atomic mass is 10.1. The molecule has 0 aliphatic heterocycles. The Morgan fingerprint density at radius 3 is 2.55 bits per heavy atom. The fourth-order valence-corrected chi connectivity index (χ4v) is 1.80.